The second kappa shape index (κ2) is 4.94. The van der Waals surface area contributed by atoms with E-state index in [2.05, 4.69) is 5.32 Å². The molecule has 86 valence electrons. The highest BCUT2D eigenvalue weighted by Crippen LogP contribution is 2.29. The zero-order valence-corrected chi connectivity index (χ0v) is 9.67. The molecule has 5 nitrogen and oxygen atoms in total. The standard InChI is InChI=1S/C10H11ClN2O3/c1-6-3-7(2)10(12-9(14)5-11)8(4-6)13(15)16/h3-4H,5H2,1-2H3,(H,12,14). The van der Waals surface area contributed by atoms with E-state index in [0.29, 0.717) is 5.56 Å². The summed E-state index contributed by atoms with van der Waals surface area (Å²) >= 11 is 5.34. The molecule has 0 aliphatic rings. The normalized spacial score (nSPS) is 9.94. The van der Waals surface area contributed by atoms with Gasteiger partial charge in [-0.1, -0.05) is 6.07 Å². The number of carbonyl (C=O) groups excluding carboxylic acids is 1. The number of hydrogen-bond donors (Lipinski definition) is 1. The molecule has 6 heteroatoms. The van der Waals surface area contributed by atoms with Crippen molar-refractivity contribution in [2.75, 3.05) is 11.2 Å². The van der Waals surface area contributed by atoms with E-state index in [0.717, 1.165) is 5.56 Å². The first kappa shape index (κ1) is 12.4. The van der Waals surface area contributed by atoms with Crippen LogP contribution in [0.25, 0.3) is 0 Å². The van der Waals surface area contributed by atoms with Gasteiger partial charge in [-0.15, -0.1) is 11.6 Å². The monoisotopic (exact) mass is 242 g/mol. The number of aryl methyl sites for hydroxylation is 2. The van der Waals surface area contributed by atoms with Crippen LogP contribution < -0.4 is 5.32 Å². The predicted molar refractivity (Wildman–Crippen MR) is 61.9 cm³/mol. The highest BCUT2D eigenvalue weighted by Gasteiger charge is 2.18. The van der Waals surface area contributed by atoms with Gasteiger partial charge in [0.2, 0.25) is 5.91 Å². The molecule has 1 amide bonds. The average Bonchev–Trinajstić information content (AvgIpc) is 2.20. The van der Waals surface area contributed by atoms with Gasteiger partial charge < -0.3 is 5.32 Å². The summed E-state index contributed by atoms with van der Waals surface area (Å²) < 4.78 is 0. The largest absolute Gasteiger partial charge is 0.319 e. The summed E-state index contributed by atoms with van der Waals surface area (Å²) in [5.41, 5.74) is 1.51. The molecular weight excluding hydrogens is 232 g/mol. The number of benzene rings is 1. The van der Waals surface area contributed by atoms with Gasteiger partial charge in [0.05, 0.1) is 4.92 Å². The molecular formula is C10H11ClN2O3. The summed E-state index contributed by atoms with van der Waals surface area (Å²) in [4.78, 5) is 21.4. The molecule has 0 fully saturated rings. The number of rotatable bonds is 3. The number of nitro benzene ring substituents is 1. The maximum atomic E-state index is 11.1. The summed E-state index contributed by atoms with van der Waals surface area (Å²) in [5, 5.41) is 13.2. The fourth-order valence-electron chi connectivity index (χ4n) is 1.42. The summed E-state index contributed by atoms with van der Waals surface area (Å²) in [6.45, 7) is 3.46. The second-order valence-electron chi connectivity index (χ2n) is 3.41. The Labute approximate surface area is 97.6 Å². The fraction of sp³-hybridized carbons (Fsp3) is 0.300. The third kappa shape index (κ3) is 2.70. The Kier molecular flexibility index (Phi) is 3.84. The van der Waals surface area contributed by atoms with Crippen molar-refractivity contribution in [3.63, 3.8) is 0 Å². The Morgan fingerprint density at radius 1 is 1.50 bits per heavy atom. The van der Waals surface area contributed by atoms with Crippen LogP contribution in [0, 0.1) is 24.0 Å². The lowest BCUT2D eigenvalue weighted by Gasteiger charge is -2.08. The minimum absolute atomic E-state index is 0.115. The van der Waals surface area contributed by atoms with Gasteiger partial charge in [-0.3, -0.25) is 14.9 Å². The van der Waals surface area contributed by atoms with E-state index in [4.69, 9.17) is 11.6 Å². The van der Waals surface area contributed by atoms with Crippen molar-refractivity contribution in [1.29, 1.82) is 0 Å². The van der Waals surface area contributed by atoms with E-state index in [1.165, 1.54) is 6.07 Å². The minimum atomic E-state index is -0.524. The Balaban J connectivity index is 3.24. The highest BCUT2D eigenvalue weighted by atomic mass is 35.5. The fourth-order valence-corrected chi connectivity index (χ4v) is 1.49. The maximum Gasteiger partial charge on any atom is 0.293 e. The van der Waals surface area contributed by atoms with E-state index in [1.54, 1.807) is 19.9 Å². The van der Waals surface area contributed by atoms with Crippen molar-refractivity contribution in [2.24, 2.45) is 0 Å². The third-order valence-electron chi connectivity index (χ3n) is 2.04. The lowest BCUT2D eigenvalue weighted by molar-refractivity contribution is -0.384. The quantitative estimate of drug-likeness (QED) is 0.503. The molecule has 0 aliphatic carbocycles. The smallest absolute Gasteiger partial charge is 0.293 e. The van der Waals surface area contributed by atoms with Crippen molar-refractivity contribution < 1.29 is 9.72 Å². The number of alkyl halides is 1. The van der Waals surface area contributed by atoms with Crippen LogP contribution in [0.5, 0.6) is 0 Å². The van der Waals surface area contributed by atoms with Gasteiger partial charge in [0.15, 0.2) is 0 Å². The number of amides is 1. The molecule has 1 N–H and O–H groups in total. The van der Waals surface area contributed by atoms with Gasteiger partial charge in [0.1, 0.15) is 11.6 Å². The zero-order valence-electron chi connectivity index (χ0n) is 8.91. The van der Waals surface area contributed by atoms with Crippen molar-refractivity contribution in [1.82, 2.24) is 0 Å². The molecule has 0 bridgehead atoms. The summed E-state index contributed by atoms with van der Waals surface area (Å²) in [5.74, 6) is -0.693. The first-order valence-electron chi connectivity index (χ1n) is 4.57. The molecule has 0 aromatic heterocycles. The van der Waals surface area contributed by atoms with E-state index in [9.17, 15) is 14.9 Å². The Hall–Kier alpha value is -1.62. The number of nitro groups is 1. The molecule has 1 aromatic rings. The number of nitrogens with one attached hydrogen (secondary N) is 1. The van der Waals surface area contributed by atoms with Crippen LogP contribution in [-0.2, 0) is 4.79 Å². The summed E-state index contributed by atoms with van der Waals surface area (Å²) in [6, 6.07) is 3.17. The molecule has 0 unspecified atom stereocenters. The number of carbonyl (C=O) groups is 1. The van der Waals surface area contributed by atoms with Crippen LogP contribution in [0.3, 0.4) is 0 Å². The molecule has 0 atom stereocenters. The highest BCUT2D eigenvalue weighted by molar-refractivity contribution is 6.29. The molecule has 0 spiro atoms. The molecule has 0 saturated carbocycles. The molecule has 1 rings (SSSR count). The lowest BCUT2D eigenvalue weighted by Crippen LogP contribution is -2.15. The van der Waals surface area contributed by atoms with Gasteiger partial charge in [-0.2, -0.15) is 0 Å². The van der Waals surface area contributed by atoms with Crippen LogP contribution in [0.2, 0.25) is 0 Å². The van der Waals surface area contributed by atoms with Crippen molar-refractivity contribution >= 4 is 28.9 Å². The summed E-state index contributed by atoms with van der Waals surface area (Å²) in [6.07, 6.45) is 0. The molecule has 1 aromatic carbocycles. The lowest BCUT2D eigenvalue weighted by atomic mass is 10.1. The van der Waals surface area contributed by atoms with Crippen LogP contribution in [-0.4, -0.2) is 16.7 Å². The molecule has 0 saturated heterocycles. The zero-order chi connectivity index (χ0) is 12.3. The van der Waals surface area contributed by atoms with E-state index in [-0.39, 0.29) is 17.3 Å². The van der Waals surface area contributed by atoms with Gasteiger partial charge in [-0.05, 0) is 25.0 Å². The minimum Gasteiger partial charge on any atom is -0.319 e. The second-order valence-corrected chi connectivity index (χ2v) is 3.68. The van der Waals surface area contributed by atoms with Gasteiger partial charge >= 0.3 is 0 Å². The Morgan fingerprint density at radius 2 is 2.12 bits per heavy atom. The van der Waals surface area contributed by atoms with Gasteiger partial charge in [0, 0.05) is 6.07 Å². The molecule has 16 heavy (non-hydrogen) atoms. The van der Waals surface area contributed by atoms with Crippen molar-refractivity contribution in [2.45, 2.75) is 13.8 Å². The molecule has 0 aliphatic heterocycles. The topological polar surface area (TPSA) is 72.2 Å². The number of hydrogen-bond acceptors (Lipinski definition) is 3. The average molecular weight is 243 g/mol. The van der Waals surface area contributed by atoms with E-state index in [1.807, 2.05) is 0 Å². The summed E-state index contributed by atoms with van der Waals surface area (Å²) in [7, 11) is 0. The first-order valence-corrected chi connectivity index (χ1v) is 5.10. The van der Waals surface area contributed by atoms with Crippen LogP contribution in [0.1, 0.15) is 11.1 Å². The van der Waals surface area contributed by atoms with Crippen LogP contribution >= 0.6 is 11.6 Å². The van der Waals surface area contributed by atoms with Crippen molar-refractivity contribution in [3.05, 3.63) is 33.4 Å². The molecule has 0 heterocycles. The van der Waals surface area contributed by atoms with Gasteiger partial charge in [-0.25, -0.2) is 0 Å². The predicted octanol–water partition coefficient (Wildman–Crippen LogP) is 2.39. The number of anilines is 1. The number of halogens is 1. The third-order valence-corrected chi connectivity index (χ3v) is 2.28. The Morgan fingerprint density at radius 3 is 2.62 bits per heavy atom. The Bertz CT molecular complexity index is 446. The number of nitrogens with zero attached hydrogens (tertiary/aromatic N) is 1. The maximum absolute atomic E-state index is 11.1. The van der Waals surface area contributed by atoms with Crippen molar-refractivity contribution in [3.8, 4) is 0 Å². The van der Waals surface area contributed by atoms with Crippen LogP contribution in [0.4, 0.5) is 11.4 Å². The molecule has 0 radical (unpaired) electrons. The van der Waals surface area contributed by atoms with Gasteiger partial charge in [0.25, 0.3) is 5.69 Å². The van der Waals surface area contributed by atoms with E-state index >= 15 is 0 Å². The van der Waals surface area contributed by atoms with E-state index < -0.39 is 10.8 Å². The SMILES string of the molecule is Cc1cc(C)c(NC(=O)CCl)c([N+](=O)[O-])c1. The first-order chi connectivity index (χ1) is 7.45. The van der Waals surface area contributed by atoms with Crippen LogP contribution in [0.15, 0.2) is 12.1 Å².